The largest absolute Gasteiger partial charge is 0.300 e. The van der Waals surface area contributed by atoms with Gasteiger partial charge in [-0.15, -0.1) is 0 Å². The molecule has 0 radical (unpaired) electrons. The Morgan fingerprint density at radius 2 is 2.29 bits per heavy atom. The first-order valence-corrected chi connectivity index (χ1v) is 4.90. The molecule has 4 nitrogen and oxygen atoms in total. The standard InChI is InChI=1S/C10H14O4/c1-6-8(12)3-7-4-9(6)13-14-10(7,2)5-11/h5-7,9H,3-4H2,1-2H3. The van der Waals surface area contributed by atoms with Gasteiger partial charge in [0.1, 0.15) is 11.9 Å². The van der Waals surface area contributed by atoms with E-state index in [1.165, 1.54) is 0 Å². The molecule has 0 aromatic rings. The summed E-state index contributed by atoms with van der Waals surface area (Å²) >= 11 is 0. The molecule has 2 aliphatic rings. The molecule has 1 aliphatic carbocycles. The Bertz CT molecular complexity index is 275. The number of aldehydes is 1. The minimum Gasteiger partial charge on any atom is -0.300 e. The van der Waals surface area contributed by atoms with Gasteiger partial charge in [-0.1, -0.05) is 6.92 Å². The minimum absolute atomic E-state index is 0.0255. The molecule has 0 aromatic carbocycles. The number of carbonyl (C=O) groups is 2. The highest BCUT2D eigenvalue weighted by molar-refractivity contribution is 5.83. The van der Waals surface area contributed by atoms with Gasteiger partial charge in [0, 0.05) is 18.3 Å². The molecule has 4 atom stereocenters. The van der Waals surface area contributed by atoms with E-state index in [0.29, 0.717) is 6.42 Å². The summed E-state index contributed by atoms with van der Waals surface area (Å²) in [5.74, 6) is 0.0347. The van der Waals surface area contributed by atoms with Crippen molar-refractivity contribution in [1.29, 1.82) is 0 Å². The van der Waals surface area contributed by atoms with Gasteiger partial charge in [0.15, 0.2) is 11.9 Å². The number of hydrogen-bond donors (Lipinski definition) is 0. The fraction of sp³-hybridized carbons (Fsp3) is 0.800. The second kappa shape index (κ2) is 3.14. The van der Waals surface area contributed by atoms with E-state index < -0.39 is 5.60 Å². The van der Waals surface area contributed by atoms with Crippen molar-refractivity contribution in [2.45, 2.75) is 38.4 Å². The lowest BCUT2D eigenvalue weighted by molar-refractivity contribution is -0.413. The Morgan fingerprint density at radius 1 is 1.57 bits per heavy atom. The summed E-state index contributed by atoms with van der Waals surface area (Å²) < 4.78 is 0. The summed E-state index contributed by atoms with van der Waals surface area (Å²) in [6.07, 6.45) is 1.73. The van der Waals surface area contributed by atoms with Crippen LogP contribution < -0.4 is 0 Å². The molecular weight excluding hydrogens is 184 g/mol. The van der Waals surface area contributed by atoms with Gasteiger partial charge in [-0.25, -0.2) is 9.78 Å². The van der Waals surface area contributed by atoms with Crippen molar-refractivity contribution in [3.05, 3.63) is 0 Å². The minimum atomic E-state index is -0.938. The Morgan fingerprint density at radius 3 is 2.93 bits per heavy atom. The van der Waals surface area contributed by atoms with Crippen molar-refractivity contribution in [2.75, 3.05) is 0 Å². The normalized spacial score (nSPS) is 47.6. The summed E-state index contributed by atoms with van der Waals surface area (Å²) in [7, 11) is 0. The van der Waals surface area contributed by atoms with E-state index in [2.05, 4.69) is 0 Å². The smallest absolute Gasteiger partial charge is 0.159 e. The second-order valence-corrected chi connectivity index (χ2v) is 4.41. The van der Waals surface area contributed by atoms with Gasteiger partial charge in [0.05, 0.1) is 0 Å². The van der Waals surface area contributed by atoms with E-state index in [1.54, 1.807) is 6.92 Å². The van der Waals surface area contributed by atoms with Crippen LogP contribution in [0.25, 0.3) is 0 Å². The van der Waals surface area contributed by atoms with Crippen molar-refractivity contribution in [3.8, 4) is 0 Å². The van der Waals surface area contributed by atoms with Crippen molar-refractivity contribution in [3.63, 3.8) is 0 Å². The maximum absolute atomic E-state index is 11.6. The highest BCUT2D eigenvalue weighted by atomic mass is 17.2. The van der Waals surface area contributed by atoms with Crippen LogP contribution in [0.3, 0.4) is 0 Å². The third-order valence-electron chi connectivity index (χ3n) is 3.43. The second-order valence-electron chi connectivity index (χ2n) is 4.41. The van der Waals surface area contributed by atoms with Crippen molar-refractivity contribution < 1.29 is 19.4 Å². The number of hydrogen-bond acceptors (Lipinski definition) is 4. The fourth-order valence-electron chi connectivity index (χ4n) is 2.11. The third kappa shape index (κ3) is 1.29. The first kappa shape index (κ1) is 9.80. The number of carbonyl (C=O) groups excluding carboxylic acids is 2. The molecule has 0 spiro atoms. The molecule has 1 saturated heterocycles. The zero-order valence-corrected chi connectivity index (χ0v) is 8.36. The lowest BCUT2D eigenvalue weighted by Gasteiger charge is -2.44. The monoisotopic (exact) mass is 198 g/mol. The van der Waals surface area contributed by atoms with E-state index in [4.69, 9.17) is 9.78 Å². The molecule has 2 rings (SSSR count). The van der Waals surface area contributed by atoms with Crippen molar-refractivity contribution in [2.24, 2.45) is 11.8 Å². The van der Waals surface area contributed by atoms with Gasteiger partial charge in [-0.2, -0.15) is 0 Å². The molecule has 1 aliphatic heterocycles. The van der Waals surface area contributed by atoms with Gasteiger partial charge in [-0.05, 0) is 13.3 Å². The number of ketones is 1. The van der Waals surface area contributed by atoms with E-state index in [0.717, 1.165) is 12.7 Å². The van der Waals surface area contributed by atoms with E-state index in [9.17, 15) is 9.59 Å². The van der Waals surface area contributed by atoms with E-state index >= 15 is 0 Å². The molecule has 4 heteroatoms. The molecule has 1 heterocycles. The lowest BCUT2D eigenvalue weighted by Crippen LogP contribution is -2.53. The molecule has 0 amide bonds. The Kier molecular flexibility index (Phi) is 2.20. The average molecular weight is 198 g/mol. The van der Waals surface area contributed by atoms with Gasteiger partial charge < -0.3 is 0 Å². The number of rotatable bonds is 1. The molecule has 1 saturated carbocycles. The van der Waals surface area contributed by atoms with Crippen molar-refractivity contribution >= 4 is 12.1 Å². The third-order valence-corrected chi connectivity index (χ3v) is 3.43. The zero-order valence-electron chi connectivity index (χ0n) is 8.36. The lowest BCUT2D eigenvalue weighted by atomic mass is 9.72. The molecular formula is C10H14O4. The van der Waals surface area contributed by atoms with E-state index in [-0.39, 0.29) is 23.7 Å². The molecule has 78 valence electrons. The number of fused-ring (bicyclic) bond motifs is 2. The Balaban J connectivity index is 2.22. The van der Waals surface area contributed by atoms with Crippen LogP contribution in [0.15, 0.2) is 0 Å². The predicted molar refractivity (Wildman–Crippen MR) is 47.3 cm³/mol. The summed E-state index contributed by atoms with van der Waals surface area (Å²) in [6.45, 7) is 3.51. The van der Waals surface area contributed by atoms with Crippen LogP contribution in [-0.2, 0) is 19.4 Å². The molecule has 2 bridgehead atoms. The SMILES string of the molecule is CC1C(=O)CC2CC1OOC2(C)C=O. The number of Topliss-reactive ketones (excluding diaryl/α,β-unsaturated/α-hetero) is 1. The van der Waals surface area contributed by atoms with Crippen LogP contribution in [0.4, 0.5) is 0 Å². The molecule has 0 N–H and O–H groups in total. The molecule has 4 unspecified atom stereocenters. The maximum atomic E-state index is 11.6. The van der Waals surface area contributed by atoms with Gasteiger partial charge >= 0.3 is 0 Å². The fourth-order valence-corrected chi connectivity index (χ4v) is 2.11. The maximum Gasteiger partial charge on any atom is 0.159 e. The van der Waals surface area contributed by atoms with Crippen LogP contribution in [0.2, 0.25) is 0 Å². The highest BCUT2D eigenvalue weighted by Gasteiger charge is 2.49. The molecule has 0 aromatic heterocycles. The van der Waals surface area contributed by atoms with Crippen LogP contribution >= 0.6 is 0 Å². The van der Waals surface area contributed by atoms with E-state index in [1.807, 2.05) is 6.92 Å². The van der Waals surface area contributed by atoms with Crippen LogP contribution in [0.1, 0.15) is 26.7 Å². The zero-order chi connectivity index (χ0) is 10.3. The first-order valence-electron chi connectivity index (χ1n) is 4.90. The molecule has 2 fully saturated rings. The summed E-state index contributed by atoms with van der Waals surface area (Å²) in [4.78, 5) is 32.6. The topological polar surface area (TPSA) is 52.6 Å². The first-order chi connectivity index (χ1) is 6.57. The molecule has 14 heavy (non-hydrogen) atoms. The van der Waals surface area contributed by atoms with Crippen LogP contribution in [0, 0.1) is 11.8 Å². The Hall–Kier alpha value is -0.740. The average Bonchev–Trinajstić information content (AvgIpc) is 2.19. The van der Waals surface area contributed by atoms with Gasteiger partial charge in [-0.3, -0.25) is 9.59 Å². The van der Waals surface area contributed by atoms with Crippen LogP contribution in [-0.4, -0.2) is 23.8 Å². The predicted octanol–water partition coefficient (Wildman–Crippen LogP) is 0.890. The summed E-state index contributed by atoms with van der Waals surface area (Å²) in [5, 5.41) is 0. The van der Waals surface area contributed by atoms with Gasteiger partial charge in [0.25, 0.3) is 0 Å². The highest BCUT2D eigenvalue weighted by Crippen LogP contribution is 2.40. The van der Waals surface area contributed by atoms with Gasteiger partial charge in [0.2, 0.25) is 0 Å². The van der Waals surface area contributed by atoms with Crippen LogP contribution in [0.5, 0.6) is 0 Å². The van der Waals surface area contributed by atoms with Crippen molar-refractivity contribution in [1.82, 2.24) is 0 Å². The Labute approximate surface area is 82.5 Å². The summed E-state index contributed by atoms with van der Waals surface area (Å²) in [6, 6.07) is 0. The summed E-state index contributed by atoms with van der Waals surface area (Å²) in [5.41, 5.74) is -0.938. The quantitative estimate of drug-likeness (QED) is 0.464.